The van der Waals surface area contributed by atoms with Crippen LogP contribution in [0.2, 0.25) is 0 Å². The van der Waals surface area contributed by atoms with Crippen molar-refractivity contribution in [1.29, 1.82) is 0 Å². The van der Waals surface area contributed by atoms with E-state index >= 15 is 0 Å². The number of pyridine rings is 1. The van der Waals surface area contributed by atoms with Gasteiger partial charge < -0.3 is 9.64 Å². The summed E-state index contributed by atoms with van der Waals surface area (Å²) in [5.74, 6) is 1.06. The van der Waals surface area contributed by atoms with Crippen molar-refractivity contribution in [1.82, 2.24) is 19.9 Å². The summed E-state index contributed by atoms with van der Waals surface area (Å²) in [6, 6.07) is 13.5. The van der Waals surface area contributed by atoms with Gasteiger partial charge in [-0.25, -0.2) is 0 Å². The van der Waals surface area contributed by atoms with Crippen molar-refractivity contribution >= 4 is 5.91 Å². The highest BCUT2D eigenvalue weighted by atomic mass is 16.5. The molecule has 0 spiro atoms. The molecule has 0 saturated carbocycles. The summed E-state index contributed by atoms with van der Waals surface area (Å²) in [6.45, 7) is 1.43. The Morgan fingerprint density at radius 2 is 2.00 bits per heavy atom. The van der Waals surface area contributed by atoms with Gasteiger partial charge in [0.25, 0.3) is 0 Å². The first kappa shape index (κ1) is 19.1. The SMILES string of the molecule is COc1cccc(-c2nccnc2[C@@H]2CCCN(C(=O)Cc3ccccn3)C2)c1. The van der Waals surface area contributed by atoms with Gasteiger partial charge in [0.1, 0.15) is 5.75 Å². The third-order valence-electron chi connectivity index (χ3n) is 5.29. The first-order valence-electron chi connectivity index (χ1n) is 9.87. The zero-order valence-corrected chi connectivity index (χ0v) is 16.5. The quantitative estimate of drug-likeness (QED) is 0.669. The van der Waals surface area contributed by atoms with Crippen LogP contribution in [0.15, 0.2) is 61.1 Å². The van der Waals surface area contributed by atoms with E-state index in [0.29, 0.717) is 13.0 Å². The van der Waals surface area contributed by atoms with Crippen molar-refractivity contribution in [3.8, 4) is 17.0 Å². The van der Waals surface area contributed by atoms with Gasteiger partial charge in [-0.15, -0.1) is 0 Å². The second kappa shape index (κ2) is 8.82. The van der Waals surface area contributed by atoms with Gasteiger partial charge in [-0.3, -0.25) is 19.7 Å². The molecule has 148 valence electrons. The topological polar surface area (TPSA) is 68.2 Å². The van der Waals surface area contributed by atoms with Gasteiger partial charge in [-0.05, 0) is 37.1 Å². The monoisotopic (exact) mass is 388 g/mol. The summed E-state index contributed by atoms with van der Waals surface area (Å²) in [5.41, 5.74) is 3.58. The number of rotatable bonds is 5. The molecule has 1 aliphatic rings. The fraction of sp³-hybridized carbons (Fsp3) is 0.304. The minimum atomic E-state index is 0.111. The van der Waals surface area contributed by atoms with Crippen molar-refractivity contribution in [3.63, 3.8) is 0 Å². The zero-order valence-electron chi connectivity index (χ0n) is 16.5. The van der Waals surface area contributed by atoms with Crippen molar-refractivity contribution < 1.29 is 9.53 Å². The van der Waals surface area contributed by atoms with Crippen LogP contribution in [0, 0.1) is 0 Å². The molecule has 1 saturated heterocycles. The van der Waals surface area contributed by atoms with Crippen LogP contribution in [0.3, 0.4) is 0 Å². The number of nitrogens with zero attached hydrogens (tertiary/aromatic N) is 4. The predicted octanol–water partition coefficient (Wildman–Crippen LogP) is 3.50. The molecule has 0 aliphatic carbocycles. The first-order chi connectivity index (χ1) is 14.2. The molecule has 6 nitrogen and oxygen atoms in total. The number of aromatic nitrogens is 3. The maximum absolute atomic E-state index is 12.8. The second-order valence-electron chi connectivity index (χ2n) is 7.20. The van der Waals surface area contributed by atoms with Gasteiger partial charge in [0.15, 0.2) is 0 Å². The number of ether oxygens (including phenoxy) is 1. The third-order valence-corrected chi connectivity index (χ3v) is 5.29. The molecular formula is C23H24N4O2. The summed E-state index contributed by atoms with van der Waals surface area (Å²) in [6.07, 6.45) is 7.44. The summed E-state index contributed by atoms with van der Waals surface area (Å²) >= 11 is 0. The van der Waals surface area contributed by atoms with Gasteiger partial charge in [0.2, 0.25) is 5.91 Å². The van der Waals surface area contributed by atoms with E-state index in [1.54, 1.807) is 25.7 Å². The Bertz CT molecular complexity index is 977. The van der Waals surface area contributed by atoms with Crippen LogP contribution in [0.1, 0.15) is 30.1 Å². The van der Waals surface area contributed by atoms with Crippen molar-refractivity contribution in [3.05, 3.63) is 72.4 Å². The molecule has 6 heteroatoms. The number of likely N-dealkylation sites (tertiary alicyclic amines) is 1. The van der Waals surface area contributed by atoms with Crippen LogP contribution in [0.5, 0.6) is 5.75 Å². The second-order valence-corrected chi connectivity index (χ2v) is 7.20. The molecule has 0 unspecified atom stereocenters. The smallest absolute Gasteiger partial charge is 0.228 e. The Morgan fingerprint density at radius 3 is 2.83 bits per heavy atom. The Kier molecular flexibility index (Phi) is 5.79. The zero-order chi connectivity index (χ0) is 20.1. The number of methoxy groups -OCH3 is 1. The van der Waals surface area contributed by atoms with Crippen LogP contribution < -0.4 is 4.74 Å². The fourth-order valence-electron chi connectivity index (χ4n) is 3.84. The molecule has 3 heterocycles. The van der Waals surface area contributed by atoms with Crippen LogP contribution in [0.4, 0.5) is 0 Å². The van der Waals surface area contributed by atoms with Crippen molar-refractivity contribution in [2.75, 3.05) is 20.2 Å². The van der Waals surface area contributed by atoms with E-state index in [0.717, 1.165) is 47.8 Å². The summed E-state index contributed by atoms with van der Waals surface area (Å²) < 4.78 is 5.36. The standard InChI is InChI=1S/C23H24N4O2/c1-29-20-9-4-6-17(14-20)22-23(26-12-11-25-22)18-7-5-13-27(16-18)21(28)15-19-8-2-3-10-24-19/h2-4,6,8-12,14,18H,5,7,13,15-16H2,1H3/t18-/m1/s1. The molecule has 2 aromatic heterocycles. The fourth-order valence-corrected chi connectivity index (χ4v) is 3.84. The molecule has 1 fully saturated rings. The Labute approximate surface area is 170 Å². The number of hydrogen-bond acceptors (Lipinski definition) is 5. The number of piperidine rings is 1. The maximum atomic E-state index is 12.8. The highest BCUT2D eigenvalue weighted by molar-refractivity contribution is 5.78. The predicted molar refractivity (Wildman–Crippen MR) is 111 cm³/mol. The van der Waals surface area contributed by atoms with E-state index in [1.165, 1.54) is 0 Å². The lowest BCUT2D eigenvalue weighted by Crippen LogP contribution is -2.40. The first-order valence-corrected chi connectivity index (χ1v) is 9.87. The average molecular weight is 388 g/mol. The van der Waals surface area contributed by atoms with Gasteiger partial charge in [0, 0.05) is 48.9 Å². The van der Waals surface area contributed by atoms with Gasteiger partial charge >= 0.3 is 0 Å². The average Bonchev–Trinajstić information content (AvgIpc) is 2.80. The van der Waals surface area contributed by atoms with Gasteiger partial charge in [-0.2, -0.15) is 0 Å². The molecule has 1 aliphatic heterocycles. The van der Waals surface area contributed by atoms with E-state index < -0.39 is 0 Å². The Morgan fingerprint density at radius 1 is 1.10 bits per heavy atom. The third kappa shape index (κ3) is 4.42. The van der Waals surface area contributed by atoms with Gasteiger partial charge in [-0.1, -0.05) is 18.2 Å². The molecule has 29 heavy (non-hydrogen) atoms. The number of amides is 1. The minimum absolute atomic E-state index is 0.111. The van der Waals surface area contributed by atoms with E-state index in [9.17, 15) is 4.79 Å². The van der Waals surface area contributed by atoms with E-state index in [1.807, 2.05) is 47.4 Å². The van der Waals surface area contributed by atoms with Crippen LogP contribution >= 0.6 is 0 Å². The van der Waals surface area contributed by atoms with Crippen molar-refractivity contribution in [2.24, 2.45) is 0 Å². The summed E-state index contributed by atoms with van der Waals surface area (Å²) in [5, 5.41) is 0. The van der Waals surface area contributed by atoms with Gasteiger partial charge in [0.05, 0.1) is 24.9 Å². The number of carbonyl (C=O) groups is 1. The van der Waals surface area contributed by atoms with Crippen LogP contribution in [-0.4, -0.2) is 46.0 Å². The Balaban J connectivity index is 1.55. The lowest BCUT2D eigenvalue weighted by molar-refractivity contribution is -0.131. The lowest BCUT2D eigenvalue weighted by Gasteiger charge is -2.33. The molecule has 0 N–H and O–H groups in total. The normalized spacial score (nSPS) is 16.4. The molecule has 4 rings (SSSR count). The Hall–Kier alpha value is -3.28. The summed E-state index contributed by atoms with van der Waals surface area (Å²) in [7, 11) is 1.66. The molecule has 1 aromatic carbocycles. The number of hydrogen-bond donors (Lipinski definition) is 0. The number of benzene rings is 1. The lowest BCUT2D eigenvalue weighted by atomic mass is 9.91. The summed E-state index contributed by atoms with van der Waals surface area (Å²) in [4.78, 5) is 28.3. The molecule has 0 radical (unpaired) electrons. The van der Waals surface area contributed by atoms with Crippen molar-refractivity contribution in [2.45, 2.75) is 25.2 Å². The molecule has 1 amide bonds. The van der Waals surface area contributed by atoms with Crippen LogP contribution in [-0.2, 0) is 11.2 Å². The number of carbonyl (C=O) groups excluding carboxylic acids is 1. The minimum Gasteiger partial charge on any atom is -0.497 e. The molecule has 1 atom stereocenters. The molecule has 3 aromatic rings. The van der Waals surface area contributed by atoms with E-state index in [-0.39, 0.29) is 11.8 Å². The van der Waals surface area contributed by atoms with E-state index in [4.69, 9.17) is 4.74 Å². The maximum Gasteiger partial charge on any atom is 0.228 e. The largest absolute Gasteiger partial charge is 0.497 e. The highest BCUT2D eigenvalue weighted by Gasteiger charge is 2.28. The van der Waals surface area contributed by atoms with E-state index in [2.05, 4.69) is 15.0 Å². The van der Waals surface area contributed by atoms with Crippen LogP contribution in [0.25, 0.3) is 11.3 Å². The molecule has 0 bridgehead atoms. The highest BCUT2D eigenvalue weighted by Crippen LogP contribution is 2.33. The molecular weight excluding hydrogens is 364 g/mol.